The SMILES string of the molecule is CCOc1ccccc1OCCN(C)C(C)(C)CO. The monoisotopic (exact) mass is 267 g/mol. The van der Waals surface area contributed by atoms with Gasteiger partial charge in [-0.2, -0.15) is 0 Å². The third-order valence-corrected chi connectivity index (χ3v) is 3.25. The molecule has 0 aliphatic carbocycles. The molecule has 4 heteroatoms. The first-order valence-electron chi connectivity index (χ1n) is 6.68. The molecule has 0 spiro atoms. The summed E-state index contributed by atoms with van der Waals surface area (Å²) in [4.78, 5) is 2.08. The minimum absolute atomic E-state index is 0.124. The summed E-state index contributed by atoms with van der Waals surface area (Å²) in [6, 6.07) is 7.67. The molecule has 0 radical (unpaired) electrons. The van der Waals surface area contributed by atoms with Gasteiger partial charge in [0.15, 0.2) is 11.5 Å². The van der Waals surface area contributed by atoms with Gasteiger partial charge in [0.2, 0.25) is 0 Å². The summed E-state index contributed by atoms with van der Waals surface area (Å²) in [5.74, 6) is 1.54. The van der Waals surface area contributed by atoms with E-state index in [0.29, 0.717) is 13.2 Å². The maximum Gasteiger partial charge on any atom is 0.161 e. The molecule has 0 fully saturated rings. The van der Waals surface area contributed by atoms with Crippen molar-refractivity contribution < 1.29 is 14.6 Å². The molecule has 1 N–H and O–H groups in total. The second-order valence-corrected chi connectivity index (χ2v) is 5.12. The van der Waals surface area contributed by atoms with Gasteiger partial charge in [0.05, 0.1) is 13.2 Å². The van der Waals surface area contributed by atoms with E-state index in [1.54, 1.807) is 0 Å². The van der Waals surface area contributed by atoms with E-state index in [-0.39, 0.29) is 12.1 Å². The Morgan fingerprint density at radius 3 is 2.26 bits per heavy atom. The highest BCUT2D eigenvalue weighted by molar-refractivity contribution is 5.39. The molecule has 108 valence electrons. The molecule has 0 saturated carbocycles. The first-order valence-corrected chi connectivity index (χ1v) is 6.68. The van der Waals surface area contributed by atoms with E-state index in [1.807, 2.05) is 52.1 Å². The third kappa shape index (κ3) is 4.73. The van der Waals surface area contributed by atoms with Crippen LogP contribution in [0.15, 0.2) is 24.3 Å². The van der Waals surface area contributed by atoms with Crippen LogP contribution in [-0.4, -0.2) is 49.0 Å². The topological polar surface area (TPSA) is 41.9 Å². The average molecular weight is 267 g/mol. The molecule has 0 aliphatic rings. The number of hydrogen-bond donors (Lipinski definition) is 1. The average Bonchev–Trinajstić information content (AvgIpc) is 2.40. The van der Waals surface area contributed by atoms with Crippen molar-refractivity contribution >= 4 is 0 Å². The predicted octanol–water partition coefficient (Wildman–Crippen LogP) is 2.17. The molecule has 1 rings (SSSR count). The van der Waals surface area contributed by atoms with Gasteiger partial charge in [0, 0.05) is 12.1 Å². The number of aliphatic hydroxyl groups excluding tert-OH is 1. The number of aliphatic hydroxyl groups is 1. The Hall–Kier alpha value is -1.26. The van der Waals surface area contributed by atoms with Crippen molar-refractivity contribution in [2.45, 2.75) is 26.3 Å². The fraction of sp³-hybridized carbons (Fsp3) is 0.600. The van der Waals surface area contributed by atoms with Gasteiger partial charge in [-0.1, -0.05) is 12.1 Å². The minimum Gasteiger partial charge on any atom is -0.490 e. The first kappa shape index (κ1) is 15.8. The van der Waals surface area contributed by atoms with Crippen molar-refractivity contribution in [3.05, 3.63) is 24.3 Å². The molecule has 1 aromatic carbocycles. The van der Waals surface area contributed by atoms with Crippen LogP contribution in [0.4, 0.5) is 0 Å². The van der Waals surface area contributed by atoms with Crippen molar-refractivity contribution in [2.75, 3.05) is 33.4 Å². The number of rotatable bonds is 8. The molecule has 0 bridgehead atoms. The zero-order chi connectivity index (χ0) is 14.3. The number of ether oxygens (including phenoxy) is 2. The Bertz CT molecular complexity index is 379. The van der Waals surface area contributed by atoms with Gasteiger partial charge >= 0.3 is 0 Å². The third-order valence-electron chi connectivity index (χ3n) is 3.25. The van der Waals surface area contributed by atoms with Crippen LogP contribution in [-0.2, 0) is 0 Å². The lowest BCUT2D eigenvalue weighted by Crippen LogP contribution is -2.45. The second-order valence-electron chi connectivity index (χ2n) is 5.12. The van der Waals surface area contributed by atoms with Crippen LogP contribution >= 0.6 is 0 Å². The van der Waals surface area contributed by atoms with Crippen LogP contribution in [0, 0.1) is 0 Å². The summed E-state index contributed by atoms with van der Waals surface area (Å²) in [7, 11) is 1.98. The molecule has 0 atom stereocenters. The zero-order valence-corrected chi connectivity index (χ0v) is 12.3. The Kier molecular flexibility index (Phi) is 6.12. The minimum atomic E-state index is -0.233. The molecular formula is C15H25NO3. The Morgan fingerprint density at radius 2 is 1.74 bits per heavy atom. The quantitative estimate of drug-likeness (QED) is 0.784. The number of benzene rings is 1. The van der Waals surface area contributed by atoms with E-state index in [9.17, 15) is 5.11 Å². The molecule has 19 heavy (non-hydrogen) atoms. The van der Waals surface area contributed by atoms with Crippen molar-refractivity contribution in [1.82, 2.24) is 4.90 Å². The van der Waals surface area contributed by atoms with Crippen LogP contribution in [0.5, 0.6) is 11.5 Å². The molecule has 1 aromatic rings. The summed E-state index contributed by atoms with van der Waals surface area (Å²) in [5, 5.41) is 9.29. The van der Waals surface area contributed by atoms with Crippen molar-refractivity contribution in [1.29, 1.82) is 0 Å². The summed E-state index contributed by atoms with van der Waals surface area (Å²) in [6.07, 6.45) is 0. The van der Waals surface area contributed by atoms with E-state index >= 15 is 0 Å². The largest absolute Gasteiger partial charge is 0.490 e. The molecule has 0 aliphatic heterocycles. The van der Waals surface area contributed by atoms with Gasteiger partial charge in [0.25, 0.3) is 0 Å². The Balaban J connectivity index is 2.49. The molecule has 4 nitrogen and oxygen atoms in total. The van der Waals surface area contributed by atoms with Crippen LogP contribution in [0.1, 0.15) is 20.8 Å². The Labute approximate surface area is 115 Å². The van der Waals surface area contributed by atoms with Gasteiger partial charge in [-0.3, -0.25) is 4.90 Å². The standard InChI is InChI=1S/C15H25NO3/c1-5-18-13-8-6-7-9-14(13)19-11-10-16(4)15(2,3)12-17/h6-9,17H,5,10-12H2,1-4H3. The van der Waals surface area contributed by atoms with E-state index in [1.165, 1.54) is 0 Å². The molecule has 0 amide bonds. The van der Waals surface area contributed by atoms with E-state index in [2.05, 4.69) is 4.90 Å². The molecule has 0 aromatic heterocycles. The van der Waals surface area contributed by atoms with E-state index in [0.717, 1.165) is 18.0 Å². The fourth-order valence-corrected chi connectivity index (χ4v) is 1.56. The van der Waals surface area contributed by atoms with Gasteiger partial charge < -0.3 is 14.6 Å². The fourth-order valence-electron chi connectivity index (χ4n) is 1.56. The second kappa shape index (κ2) is 7.36. The smallest absolute Gasteiger partial charge is 0.161 e. The van der Waals surface area contributed by atoms with Crippen molar-refractivity contribution in [3.63, 3.8) is 0 Å². The highest BCUT2D eigenvalue weighted by Gasteiger charge is 2.21. The highest BCUT2D eigenvalue weighted by atomic mass is 16.5. The van der Waals surface area contributed by atoms with Gasteiger partial charge in [-0.05, 0) is 40.0 Å². The Morgan fingerprint density at radius 1 is 1.16 bits per heavy atom. The van der Waals surface area contributed by atoms with Crippen LogP contribution in [0.25, 0.3) is 0 Å². The molecule has 0 saturated heterocycles. The van der Waals surface area contributed by atoms with Crippen LogP contribution < -0.4 is 9.47 Å². The highest BCUT2D eigenvalue weighted by Crippen LogP contribution is 2.26. The normalized spacial score (nSPS) is 11.7. The summed E-state index contributed by atoms with van der Waals surface area (Å²) < 4.78 is 11.3. The predicted molar refractivity (Wildman–Crippen MR) is 76.9 cm³/mol. The molecular weight excluding hydrogens is 242 g/mol. The number of nitrogens with zero attached hydrogens (tertiary/aromatic N) is 1. The molecule has 0 unspecified atom stereocenters. The van der Waals surface area contributed by atoms with Crippen molar-refractivity contribution in [3.8, 4) is 11.5 Å². The van der Waals surface area contributed by atoms with Gasteiger partial charge in [0.1, 0.15) is 6.61 Å². The molecule has 0 heterocycles. The van der Waals surface area contributed by atoms with Crippen molar-refractivity contribution in [2.24, 2.45) is 0 Å². The van der Waals surface area contributed by atoms with Gasteiger partial charge in [-0.25, -0.2) is 0 Å². The summed E-state index contributed by atoms with van der Waals surface area (Å²) >= 11 is 0. The van der Waals surface area contributed by atoms with Crippen LogP contribution in [0.3, 0.4) is 0 Å². The lowest BCUT2D eigenvalue weighted by atomic mass is 10.1. The number of likely N-dealkylation sites (N-methyl/N-ethyl adjacent to an activating group) is 1. The van der Waals surface area contributed by atoms with E-state index in [4.69, 9.17) is 9.47 Å². The maximum absolute atomic E-state index is 9.29. The first-order chi connectivity index (χ1) is 9.01. The zero-order valence-electron chi connectivity index (χ0n) is 12.3. The van der Waals surface area contributed by atoms with Gasteiger partial charge in [-0.15, -0.1) is 0 Å². The lowest BCUT2D eigenvalue weighted by Gasteiger charge is -2.33. The van der Waals surface area contributed by atoms with Crippen LogP contribution in [0.2, 0.25) is 0 Å². The number of hydrogen-bond acceptors (Lipinski definition) is 4. The maximum atomic E-state index is 9.29. The lowest BCUT2D eigenvalue weighted by molar-refractivity contribution is 0.0674. The van der Waals surface area contributed by atoms with E-state index < -0.39 is 0 Å². The number of para-hydroxylation sites is 2. The summed E-state index contributed by atoms with van der Waals surface area (Å²) in [6.45, 7) is 8.01. The summed E-state index contributed by atoms with van der Waals surface area (Å²) in [5.41, 5.74) is -0.233.